The average Bonchev–Trinajstić information content (AvgIpc) is 3.94. The molecule has 0 unspecified atom stereocenters. The molecule has 7 heteroatoms. The summed E-state index contributed by atoms with van der Waals surface area (Å²) in [6.45, 7) is 27.8. The van der Waals surface area contributed by atoms with Crippen LogP contribution in [-0.4, -0.2) is 14.1 Å². The molecule has 11 aromatic rings. The topological polar surface area (TPSA) is 39.6 Å². The number of fused-ring (bicyclic) bond motifs is 10. The Morgan fingerprint density at radius 3 is 1.92 bits per heavy atom. The van der Waals surface area contributed by atoms with Crippen LogP contribution in [0.15, 0.2) is 170 Å². The van der Waals surface area contributed by atoms with Crippen LogP contribution in [0.4, 0.5) is 17.1 Å². The van der Waals surface area contributed by atoms with E-state index in [0.29, 0.717) is 22.9 Å². The van der Waals surface area contributed by atoms with Crippen LogP contribution >= 0.6 is 0 Å². The van der Waals surface area contributed by atoms with Gasteiger partial charge in [-0.1, -0.05) is 182 Å². The van der Waals surface area contributed by atoms with Gasteiger partial charge in [0.1, 0.15) is 5.82 Å². The van der Waals surface area contributed by atoms with E-state index >= 15 is 0 Å². The molecule has 0 N–H and O–H groups in total. The van der Waals surface area contributed by atoms with Crippen LogP contribution in [0.2, 0.25) is 0 Å². The molecule has 0 radical (unpaired) electrons. The SMILES string of the molecule is [2H]C(C)(C)c1cc(-c2cccc3c4ccccc4c4ccccc4c4cccc5c4n(c23)[CH-]N5c2[c-]c(Oc3[c-]c4c(cc3)c3ccccc3n4-c3cc(C(C)(C)C)ccn3)cc([N+]#[C-])c2)cc(C(C)(C)C)c1.[Pt]. The Labute approximate surface area is 443 Å². The van der Waals surface area contributed by atoms with Crippen molar-refractivity contribution in [1.82, 2.24) is 14.1 Å². The molecule has 0 amide bonds. The molecule has 8 aromatic carbocycles. The summed E-state index contributed by atoms with van der Waals surface area (Å²) >= 11 is 0. The fraction of sp³-hybridized carbons (Fsp3) is 0.167. The fourth-order valence-electron chi connectivity index (χ4n) is 10.5. The number of benzene rings is 8. The van der Waals surface area contributed by atoms with Crippen molar-refractivity contribution in [3.05, 3.63) is 217 Å². The van der Waals surface area contributed by atoms with E-state index in [9.17, 15) is 1.37 Å². The zero-order chi connectivity index (χ0) is 50.6. The Hall–Kier alpha value is -7.84. The third-order valence-electron chi connectivity index (χ3n) is 14.3. The van der Waals surface area contributed by atoms with Crippen molar-refractivity contribution in [1.29, 1.82) is 0 Å². The molecular weight excluding hydrogens is 1070 g/mol. The summed E-state index contributed by atoms with van der Waals surface area (Å²) in [6.07, 6.45) is 1.88. The molecule has 3 aromatic heterocycles. The van der Waals surface area contributed by atoms with Crippen LogP contribution in [0.5, 0.6) is 11.5 Å². The molecule has 6 nitrogen and oxygen atoms in total. The third kappa shape index (κ3) is 8.17. The Bertz CT molecular complexity index is 4160. The summed E-state index contributed by atoms with van der Waals surface area (Å²) in [7, 11) is 0. The molecule has 73 heavy (non-hydrogen) atoms. The number of hydrogen-bond acceptors (Lipinski definition) is 3. The summed E-state index contributed by atoms with van der Waals surface area (Å²) in [6, 6.07) is 64.7. The first-order chi connectivity index (χ1) is 35.0. The molecule has 0 aliphatic carbocycles. The van der Waals surface area contributed by atoms with E-state index in [1.165, 1.54) is 11.1 Å². The quantitative estimate of drug-likeness (QED) is 0.156. The zero-order valence-corrected chi connectivity index (χ0v) is 44.5. The third-order valence-corrected chi connectivity index (χ3v) is 14.3. The van der Waals surface area contributed by atoms with Gasteiger partial charge in [0, 0.05) is 51.3 Å². The maximum atomic E-state index is 9.27. The maximum Gasteiger partial charge on any atom is 0.135 e. The summed E-state index contributed by atoms with van der Waals surface area (Å²) in [5, 5.41) is 8.78. The molecule has 0 saturated heterocycles. The van der Waals surface area contributed by atoms with E-state index in [2.05, 4.69) is 225 Å². The molecule has 362 valence electrons. The summed E-state index contributed by atoms with van der Waals surface area (Å²) in [4.78, 5) is 11.0. The Morgan fingerprint density at radius 1 is 0.616 bits per heavy atom. The minimum absolute atomic E-state index is 0. The van der Waals surface area contributed by atoms with Crippen molar-refractivity contribution in [3.8, 4) is 28.4 Å². The largest absolute Gasteiger partial charge is 0.510 e. The first kappa shape index (κ1) is 46.2. The monoisotopic (exact) mass is 1130 g/mol. The molecule has 1 aliphatic heterocycles. The number of aromatic nitrogens is 3. The Kier molecular flexibility index (Phi) is 11.4. The maximum absolute atomic E-state index is 9.27. The minimum atomic E-state index is -0.831. The molecule has 1 aliphatic rings. The number of para-hydroxylation sites is 3. The predicted octanol–water partition coefficient (Wildman–Crippen LogP) is 18.2. The van der Waals surface area contributed by atoms with Gasteiger partial charge in [0.05, 0.1) is 12.3 Å². The van der Waals surface area contributed by atoms with Crippen molar-refractivity contribution in [2.75, 3.05) is 4.90 Å². The van der Waals surface area contributed by atoms with Crippen molar-refractivity contribution in [3.63, 3.8) is 0 Å². The van der Waals surface area contributed by atoms with Crippen molar-refractivity contribution in [2.24, 2.45) is 0 Å². The van der Waals surface area contributed by atoms with E-state index < -0.39 is 5.89 Å². The standard InChI is InChI=1S/C66H54N5O.Pt/c1-41(2)42-32-43(34-45(33-42)66(6,7)8)50-23-16-24-57-53-20-12-10-18-51(53)52-19-11-13-21-54(52)58-25-17-27-60-64(58)70(63(50)57)40-69(60)47-36-46(67-9)37-49(38-47)72-48-28-29-56-55-22-14-15-26-59(55)71(61(56)39-48)62-35-44(30-31-68-62)65(3,4)5;/h10-37,40-41H,1-8H3;/q-3;/i41D;. The summed E-state index contributed by atoms with van der Waals surface area (Å²) < 4.78 is 20.5. The van der Waals surface area contributed by atoms with Crippen molar-refractivity contribution < 1.29 is 27.2 Å². The van der Waals surface area contributed by atoms with Gasteiger partial charge in [0.15, 0.2) is 0 Å². The van der Waals surface area contributed by atoms with Gasteiger partial charge in [-0.15, -0.1) is 35.7 Å². The normalized spacial score (nSPS) is 12.8. The number of rotatable bonds is 6. The van der Waals surface area contributed by atoms with E-state index in [0.717, 1.165) is 93.4 Å². The molecule has 0 fully saturated rings. The van der Waals surface area contributed by atoms with Gasteiger partial charge in [-0.25, -0.2) is 4.98 Å². The number of pyridine rings is 1. The van der Waals surface area contributed by atoms with Gasteiger partial charge < -0.3 is 18.8 Å². The Morgan fingerprint density at radius 2 is 1.25 bits per heavy atom. The van der Waals surface area contributed by atoms with Gasteiger partial charge in [-0.3, -0.25) is 4.85 Å². The zero-order valence-electron chi connectivity index (χ0n) is 43.2. The second-order valence-electron chi connectivity index (χ2n) is 21.3. The molecule has 0 bridgehead atoms. The fourth-order valence-corrected chi connectivity index (χ4v) is 10.5. The minimum Gasteiger partial charge on any atom is -0.510 e. The first-order valence-electron chi connectivity index (χ1n) is 25.1. The van der Waals surface area contributed by atoms with Crippen LogP contribution in [0, 0.1) is 25.4 Å². The van der Waals surface area contributed by atoms with Crippen LogP contribution < -0.4 is 9.64 Å². The van der Waals surface area contributed by atoms with Gasteiger partial charge >= 0.3 is 0 Å². The van der Waals surface area contributed by atoms with Crippen LogP contribution in [0.3, 0.4) is 0 Å². The molecule has 0 atom stereocenters. The van der Waals surface area contributed by atoms with Gasteiger partial charge in [-0.2, -0.15) is 6.07 Å². The van der Waals surface area contributed by atoms with Gasteiger partial charge in [0.2, 0.25) is 0 Å². The van der Waals surface area contributed by atoms with E-state index in [1.807, 2.05) is 32.2 Å². The molecular formula is C66H54N5OPt-3. The van der Waals surface area contributed by atoms with Crippen LogP contribution in [-0.2, 0) is 31.9 Å². The number of nitrogens with zero attached hydrogens (tertiary/aromatic N) is 5. The number of anilines is 2. The van der Waals surface area contributed by atoms with E-state index in [1.54, 1.807) is 6.07 Å². The first-order valence-corrected chi connectivity index (χ1v) is 24.6. The number of hydrogen-bond donors (Lipinski definition) is 0. The average molecular weight is 1130 g/mol. The van der Waals surface area contributed by atoms with Gasteiger partial charge in [0.25, 0.3) is 0 Å². The Balaban J connectivity index is 0.00000588. The summed E-state index contributed by atoms with van der Waals surface area (Å²) in [5.41, 5.74) is 11.0. The van der Waals surface area contributed by atoms with E-state index in [-0.39, 0.29) is 31.9 Å². The van der Waals surface area contributed by atoms with Gasteiger partial charge in [-0.05, 0) is 124 Å². The second-order valence-corrected chi connectivity index (χ2v) is 21.3. The van der Waals surface area contributed by atoms with Crippen LogP contribution in [0.1, 0.15) is 79.3 Å². The summed E-state index contributed by atoms with van der Waals surface area (Å²) in [5.74, 6) is 0.861. The second kappa shape index (κ2) is 18.0. The molecule has 4 heterocycles. The molecule has 12 rings (SSSR count). The van der Waals surface area contributed by atoms with Crippen molar-refractivity contribution in [2.45, 2.75) is 72.1 Å². The number of ether oxygens (including phenoxy) is 1. The molecule has 0 saturated carbocycles. The van der Waals surface area contributed by atoms with Crippen LogP contribution in [0.25, 0.3) is 86.9 Å². The van der Waals surface area contributed by atoms with E-state index in [4.69, 9.17) is 16.3 Å². The molecule has 0 spiro atoms. The smallest absolute Gasteiger partial charge is 0.135 e. The predicted molar refractivity (Wildman–Crippen MR) is 300 cm³/mol. The van der Waals surface area contributed by atoms with Crippen molar-refractivity contribution >= 4 is 82.2 Å².